The molecular formula is C16H15N5O2S. The Balaban J connectivity index is 1.59. The van der Waals surface area contributed by atoms with Crippen molar-refractivity contribution < 1.29 is 9.59 Å². The van der Waals surface area contributed by atoms with Gasteiger partial charge in [-0.2, -0.15) is 4.99 Å². The molecule has 2 aromatic rings. The number of amidine groups is 1. The number of aryl methyl sites for hydroxylation is 1. The first-order valence-corrected chi connectivity index (χ1v) is 8.18. The standard InChI is InChI=1S/C16H15N5O2S/c1-10-3-5-11(6-4-10)19-13(22)9-12-14(23)20-16(24-12)21-15-17-7-2-8-18-15/h2-8,12H,9H2,1H3,(H,19,22)(H,17,18,20,21,23). The number of aromatic nitrogens is 2. The van der Waals surface area contributed by atoms with Gasteiger partial charge in [-0.3, -0.25) is 9.59 Å². The third-order valence-corrected chi connectivity index (χ3v) is 4.32. The Bertz CT molecular complexity index is 777. The van der Waals surface area contributed by atoms with Gasteiger partial charge in [-0.05, 0) is 25.1 Å². The number of rotatable bonds is 4. The number of hydrogen-bond donors (Lipinski definition) is 2. The Morgan fingerprint density at radius 3 is 2.71 bits per heavy atom. The van der Waals surface area contributed by atoms with Crippen molar-refractivity contribution in [2.24, 2.45) is 4.99 Å². The number of hydrogen-bond acceptors (Lipinski definition) is 6. The van der Waals surface area contributed by atoms with E-state index >= 15 is 0 Å². The number of nitrogens with one attached hydrogen (secondary N) is 2. The van der Waals surface area contributed by atoms with E-state index in [2.05, 4.69) is 25.6 Å². The van der Waals surface area contributed by atoms with Crippen molar-refractivity contribution in [3.05, 3.63) is 48.3 Å². The molecule has 1 aliphatic heterocycles. The molecule has 2 amide bonds. The first-order chi connectivity index (χ1) is 11.6. The second-order valence-corrected chi connectivity index (χ2v) is 6.37. The molecule has 24 heavy (non-hydrogen) atoms. The van der Waals surface area contributed by atoms with Crippen molar-refractivity contribution in [3.63, 3.8) is 0 Å². The van der Waals surface area contributed by atoms with Crippen LogP contribution in [0.1, 0.15) is 12.0 Å². The van der Waals surface area contributed by atoms with Crippen LogP contribution in [0.2, 0.25) is 0 Å². The molecule has 1 aromatic heterocycles. The molecule has 0 radical (unpaired) electrons. The van der Waals surface area contributed by atoms with Crippen molar-refractivity contribution in [1.82, 2.24) is 15.3 Å². The second-order valence-electron chi connectivity index (χ2n) is 5.18. The van der Waals surface area contributed by atoms with Crippen LogP contribution in [-0.4, -0.2) is 32.2 Å². The van der Waals surface area contributed by atoms with Crippen LogP contribution in [0.15, 0.2) is 47.7 Å². The summed E-state index contributed by atoms with van der Waals surface area (Å²) in [6, 6.07) is 9.17. The molecule has 3 rings (SSSR count). The number of carbonyl (C=O) groups is 2. The summed E-state index contributed by atoms with van der Waals surface area (Å²) in [4.78, 5) is 36.2. The maximum atomic E-state index is 12.1. The Hall–Kier alpha value is -2.74. The van der Waals surface area contributed by atoms with Gasteiger partial charge < -0.3 is 10.6 Å². The molecule has 2 heterocycles. The topological polar surface area (TPSA) is 96.3 Å². The highest BCUT2D eigenvalue weighted by Crippen LogP contribution is 2.24. The SMILES string of the molecule is Cc1ccc(NC(=O)CC2S/C(=N\c3ncccn3)NC2=O)cc1. The molecule has 0 bridgehead atoms. The summed E-state index contributed by atoms with van der Waals surface area (Å²) in [5.41, 5.74) is 1.82. The molecule has 1 aliphatic rings. The van der Waals surface area contributed by atoms with Crippen molar-refractivity contribution in [2.45, 2.75) is 18.6 Å². The van der Waals surface area contributed by atoms with Gasteiger partial charge in [-0.15, -0.1) is 0 Å². The smallest absolute Gasteiger partial charge is 0.251 e. The minimum Gasteiger partial charge on any atom is -0.326 e. The molecular weight excluding hydrogens is 326 g/mol. The van der Waals surface area contributed by atoms with E-state index in [9.17, 15) is 9.59 Å². The first kappa shape index (κ1) is 16.1. The lowest BCUT2D eigenvalue weighted by molar-refractivity contribution is -0.122. The zero-order valence-electron chi connectivity index (χ0n) is 12.9. The van der Waals surface area contributed by atoms with Crippen LogP contribution in [0.4, 0.5) is 11.6 Å². The van der Waals surface area contributed by atoms with Gasteiger partial charge in [-0.25, -0.2) is 9.97 Å². The molecule has 8 heteroatoms. The lowest BCUT2D eigenvalue weighted by atomic mass is 10.2. The van der Waals surface area contributed by atoms with Gasteiger partial charge in [0.15, 0.2) is 5.17 Å². The largest absolute Gasteiger partial charge is 0.326 e. The summed E-state index contributed by atoms with van der Waals surface area (Å²) in [5, 5.41) is 5.31. The fraction of sp³-hybridized carbons (Fsp3) is 0.188. The summed E-state index contributed by atoms with van der Waals surface area (Å²) in [5.74, 6) is -0.192. The molecule has 1 saturated heterocycles. The van der Waals surface area contributed by atoms with Gasteiger partial charge in [0, 0.05) is 24.5 Å². The summed E-state index contributed by atoms with van der Waals surface area (Å²) in [6.07, 6.45) is 3.21. The zero-order chi connectivity index (χ0) is 16.9. The Morgan fingerprint density at radius 2 is 2.00 bits per heavy atom. The maximum Gasteiger partial charge on any atom is 0.251 e. The van der Waals surface area contributed by atoms with E-state index in [0.29, 0.717) is 10.9 Å². The van der Waals surface area contributed by atoms with Crippen molar-refractivity contribution in [3.8, 4) is 0 Å². The fourth-order valence-electron chi connectivity index (χ4n) is 2.05. The Morgan fingerprint density at radius 1 is 1.29 bits per heavy atom. The van der Waals surface area contributed by atoms with Crippen LogP contribution < -0.4 is 10.6 Å². The molecule has 1 unspecified atom stereocenters. The lowest BCUT2D eigenvalue weighted by Crippen LogP contribution is -2.28. The van der Waals surface area contributed by atoms with E-state index in [4.69, 9.17) is 0 Å². The lowest BCUT2D eigenvalue weighted by Gasteiger charge is -2.07. The molecule has 1 aromatic carbocycles. The summed E-state index contributed by atoms with van der Waals surface area (Å²) in [7, 11) is 0. The Labute approximate surface area is 143 Å². The van der Waals surface area contributed by atoms with Crippen molar-refractivity contribution in [1.29, 1.82) is 0 Å². The third kappa shape index (κ3) is 4.17. The highest BCUT2D eigenvalue weighted by molar-refractivity contribution is 8.15. The van der Waals surface area contributed by atoms with E-state index in [1.54, 1.807) is 18.5 Å². The van der Waals surface area contributed by atoms with Gasteiger partial charge in [-0.1, -0.05) is 29.5 Å². The zero-order valence-corrected chi connectivity index (χ0v) is 13.7. The number of carbonyl (C=O) groups excluding carboxylic acids is 2. The summed E-state index contributed by atoms with van der Waals surface area (Å²) in [6.45, 7) is 1.97. The highest BCUT2D eigenvalue weighted by Gasteiger charge is 2.32. The van der Waals surface area contributed by atoms with Gasteiger partial charge in [0.1, 0.15) is 5.25 Å². The van der Waals surface area contributed by atoms with Crippen LogP contribution in [-0.2, 0) is 9.59 Å². The fourth-order valence-corrected chi connectivity index (χ4v) is 3.01. The molecule has 0 saturated carbocycles. The van der Waals surface area contributed by atoms with E-state index < -0.39 is 5.25 Å². The molecule has 122 valence electrons. The number of thioether (sulfide) groups is 1. The normalized spacial score (nSPS) is 18.5. The molecule has 2 N–H and O–H groups in total. The first-order valence-electron chi connectivity index (χ1n) is 7.30. The minimum absolute atomic E-state index is 0.0685. The quantitative estimate of drug-likeness (QED) is 0.887. The van der Waals surface area contributed by atoms with Crippen LogP contribution in [0.5, 0.6) is 0 Å². The Kier molecular flexibility index (Phi) is 4.85. The molecule has 1 atom stereocenters. The molecule has 1 fully saturated rings. The minimum atomic E-state index is -0.516. The van der Waals surface area contributed by atoms with Crippen LogP contribution in [0.3, 0.4) is 0 Å². The highest BCUT2D eigenvalue weighted by atomic mass is 32.2. The number of aliphatic imine (C=N–C) groups is 1. The van der Waals surface area contributed by atoms with E-state index in [-0.39, 0.29) is 24.2 Å². The average molecular weight is 341 g/mol. The predicted molar refractivity (Wildman–Crippen MR) is 93.1 cm³/mol. The predicted octanol–water partition coefficient (Wildman–Crippen LogP) is 2.03. The average Bonchev–Trinajstić information content (AvgIpc) is 2.90. The third-order valence-electron chi connectivity index (χ3n) is 3.24. The summed E-state index contributed by atoms with van der Waals surface area (Å²) >= 11 is 1.20. The monoisotopic (exact) mass is 341 g/mol. The molecule has 7 nitrogen and oxygen atoms in total. The maximum absolute atomic E-state index is 12.1. The van der Waals surface area contributed by atoms with Gasteiger partial charge in [0.05, 0.1) is 0 Å². The number of amides is 2. The van der Waals surface area contributed by atoms with Crippen LogP contribution in [0, 0.1) is 6.92 Å². The van der Waals surface area contributed by atoms with E-state index in [0.717, 1.165) is 5.56 Å². The van der Waals surface area contributed by atoms with E-state index in [1.165, 1.54) is 11.8 Å². The molecule has 0 spiro atoms. The van der Waals surface area contributed by atoms with Gasteiger partial charge in [0.2, 0.25) is 11.8 Å². The van der Waals surface area contributed by atoms with Gasteiger partial charge >= 0.3 is 0 Å². The van der Waals surface area contributed by atoms with E-state index in [1.807, 2.05) is 31.2 Å². The van der Waals surface area contributed by atoms with Crippen molar-refractivity contribution in [2.75, 3.05) is 5.32 Å². The summed E-state index contributed by atoms with van der Waals surface area (Å²) < 4.78 is 0. The number of nitrogens with zero attached hydrogens (tertiary/aromatic N) is 3. The van der Waals surface area contributed by atoms with Crippen LogP contribution in [0.25, 0.3) is 0 Å². The molecule has 0 aliphatic carbocycles. The van der Waals surface area contributed by atoms with Gasteiger partial charge in [0.25, 0.3) is 5.95 Å². The van der Waals surface area contributed by atoms with Crippen LogP contribution >= 0.6 is 11.8 Å². The van der Waals surface area contributed by atoms with Crippen molar-refractivity contribution >= 4 is 40.4 Å². The second kappa shape index (κ2) is 7.22. The number of benzene rings is 1. The number of anilines is 1.